The minimum absolute atomic E-state index is 0.333. The SMILES string of the molecule is C=CCc1ccc(OC(=O)Nc2ccccc2Cl)c(OC)c1. The molecule has 22 heavy (non-hydrogen) atoms. The molecule has 0 aliphatic heterocycles. The molecule has 2 aromatic rings. The molecule has 2 rings (SSSR count). The van der Waals surface area contributed by atoms with Gasteiger partial charge in [0.05, 0.1) is 17.8 Å². The quantitative estimate of drug-likeness (QED) is 0.814. The highest BCUT2D eigenvalue weighted by Gasteiger charge is 2.12. The zero-order chi connectivity index (χ0) is 15.9. The summed E-state index contributed by atoms with van der Waals surface area (Å²) >= 11 is 5.98. The minimum Gasteiger partial charge on any atom is -0.493 e. The van der Waals surface area contributed by atoms with Crippen LogP contribution in [0.4, 0.5) is 10.5 Å². The molecule has 5 heteroatoms. The van der Waals surface area contributed by atoms with Crippen molar-refractivity contribution < 1.29 is 14.3 Å². The molecule has 0 aromatic heterocycles. The number of nitrogens with one attached hydrogen (secondary N) is 1. The van der Waals surface area contributed by atoms with E-state index in [1.54, 1.807) is 42.5 Å². The zero-order valence-electron chi connectivity index (χ0n) is 12.1. The Morgan fingerprint density at radius 2 is 2.05 bits per heavy atom. The van der Waals surface area contributed by atoms with Crippen LogP contribution in [0.1, 0.15) is 5.56 Å². The van der Waals surface area contributed by atoms with Gasteiger partial charge in [-0.1, -0.05) is 35.9 Å². The zero-order valence-corrected chi connectivity index (χ0v) is 12.9. The number of allylic oxidation sites excluding steroid dienone is 1. The van der Waals surface area contributed by atoms with Gasteiger partial charge in [0.25, 0.3) is 0 Å². The molecule has 0 bridgehead atoms. The van der Waals surface area contributed by atoms with Gasteiger partial charge < -0.3 is 9.47 Å². The Kier molecular flexibility index (Phi) is 5.44. The molecule has 0 aliphatic carbocycles. The molecule has 114 valence electrons. The summed E-state index contributed by atoms with van der Waals surface area (Å²) in [6.45, 7) is 3.69. The number of halogens is 1. The molecular formula is C17H16ClNO3. The number of para-hydroxylation sites is 1. The van der Waals surface area contributed by atoms with Crippen LogP contribution in [0.25, 0.3) is 0 Å². The molecule has 0 fully saturated rings. The maximum Gasteiger partial charge on any atom is 0.417 e. The number of carbonyl (C=O) groups is 1. The highest BCUT2D eigenvalue weighted by molar-refractivity contribution is 6.33. The number of benzene rings is 2. The number of anilines is 1. The highest BCUT2D eigenvalue weighted by Crippen LogP contribution is 2.29. The van der Waals surface area contributed by atoms with Gasteiger partial charge in [-0.25, -0.2) is 4.79 Å². The normalized spacial score (nSPS) is 9.91. The van der Waals surface area contributed by atoms with E-state index in [-0.39, 0.29) is 0 Å². The smallest absolute Gasteiger partial charge is 0.417 e. The number of amides is 1. The van der Waals surface area contributed by atoms with E-state index in [9.17, 15) is 4.79 Å². The summed E-state index contributed by atoms with van der Waals surface area (Å²) in [7, 11) is 1.52. The average molecular weight is 318 g/mol. The highest BCUT2D eigenvalue weighted by atomic mass is 35.5. The molecule has 2 aromatic carbocycles. The van der Waals surface area contributed by atoms with Gasteiger partial charge >= 0.3 is 6.09 Å². The standard InChI is InChI=1S/C17H16ClNO3/c1-3-6-12-9-10-15(16(11-12)21-2)22-17(20)19-14-8-5-4-7-13(14)18/h3-5,7-11H,1,6H2,2H3,(H,19,20). The fraction of sp³-hybridized carbons (Fsp3) is 0.118. The van der Waals surface area contributed by atoms with Crippen LogP contribution in [0.15, 0.2) is 55.1 Å². The van der Waals surface area contributed by atoms with E-state index >= 15 is 0 Å². The summed E-state index contributed by atoms with van der Waals surface area (Å²) in [6, 6.07) is 12.3. The van der Waals surface area contributed by atoms with Crippen molar-refractivity contribution in [2.45, 2.75) is 6.42 Å². The summed E-state index contributed by atoms with van der Waals surface area (Å²) < 4.78 is 10.5. The van der Waals surface area contributed by atoms with Gasteiger partial charge in [0.1, 0.15) is 0 Å². The van der Waals surface area contributed by atoms with Gasteiger partial charge in [-0.3, -0.25) is 5.32 Å². The van der Waals surface area contributed by atoms with Crippen molar-refractivity contribution in [1.82, 2.24) is 0 Å². The molecule has 0 atom stereocenters. The Hall–Kier alpha value is -2.46. The van der Waals surface area contributed by atoms with Crippen LogP contribution in [0.2, 0.25) is 5.02 Å². The number of rotatable bonds is 5. The van der Waals surface area contributed by atoms with E-state index in [1.807, 2.05) is 6.07 Å². The number of hydrogen-bond acceptors (Lipinski definition) is 3. The van der Waals surface area contributed by atoms with Crippen LogP contribution in [-0.2, 0) is 6.42 Å². The minimum atomic E-state index is -0.636. The summed E-state index contributed by atoms with van der Waals surface area (Å²) in [5, 5.41) is 3.02. The van der Waals surface area contributed by atoms with Crippen molar-refractivity contribution in [3.8, 4) is 11.5 Å². The van der Waals surface area contributed by atoms with Gasteiger partial charge in [-0.15, -0.1) is 6.58 Å². The Labute approximate surface area is 134 Å². The Morgan fingerprint density at radius 1 is 1.27 bits per heavy atom. The van der Waals surface area contributed by atoms with Crippen LogP contribution >= 0.6 is 11.6 Å². The monoisotopic (exact) mass is 317 g/mol. The third-order valence-electron chi connectivity index (χ3n) is 2.92. The van der Waals surface area contributed by atoms with Crippen molar-refractivity contribution in [3.63, 3.8) is 0 Å². The third kappa shape index (κ3) is 4.02. The van der Waals surface area contributed by atoms with E-state index in [4.69, 9.17) is 21.1 Å². The molecule has 0 aliphatic rings. The maximum absolute atomic E-state index is 11.9. The first-order chi connectivity index (χ1) is 10.6. The summed E-state index contributed by atoms with van der Waals surface area (Å²) in [4.78, 5) is 11.9. The van der Waals surface area contributed by atoms with Gasteiger partial charge in [0.2, 0.25) is 0 Å². The Morgan fingerprint density at radius 3 is 2.73 bits per heavy atom. The average Bonchev–Trinajstić information content (AvgIpc) is 2.51. The first-order valence-electron chi connectivity index (χ1n) is 6.65. The molecule has 1 N–H and O–H groups in total. The van der Waals surface area contributed by atoms with E-state index < -0.39 is 6.09 Å². The largest absolute Gasteiger partial charge is 0.493 e. The van der Waals surface area contributed by atoms with Crippen molar-refractivity contribution >= 4 is 23.4 Å². The molecule has 0 unspecified atom stereocenters. The van der Waals surface area contributed by atoms with E-state index in [1.165, 1.54) is 7.11 Å². The molecule has 4 nitrogen and oxygen atoms in total. The topological polar surface area (TPSA) is 47.6 Å². The lowest BCUT2D eigenvalue weighted by Crippen LogP contribution is -2.17. The molecule has 0 saturated heterocycles. The number of methoxy groups -OCH3 is 1. The van der Waals surface area contributed by atoms with Gasteiger partial charge in [-0.05, 0) is 36.2 Å². The number of ether oxygens (including phenoxy) is 2. The second-order valence-corrected chi connectivity index (χ2v) is 4.88. The lowest BCUT2D eigenvalue weighted by Gasteiger charge is -2.11. The molecular weight excluding hydrogens is 302 g/mol. The van der Waals surface area contributed by atoms with E-state index in [2.05, 4.69) is 11.9 Å². The fourth-order valence-corrected chi connectivity index (χ4v) is 2.07. The Balaban J connectivity index is 2.11. The van der Waals surface area contributed by atoms with Crippen molar-refractivity contribution in [2.24, 2.45) is 0 Å². The predicted molar refractivity (Wildman–Crippen MR) is 88.0 cm³/mol. The Bertz CT molecular complexity index is 685. The maximum atomic E-state index is 11.9. The molecule has 0 spiro atoms. The van der Waals surface area contributed by atoms with Gasteiger partial charge in [0, 0.05) is 0 Å². The molecule has 0 heterocycles. The van der Waals surface area contributed by atoms with Crippen LogP contribution in [0.5, 0.6) is 11.5 Å². The van der Waals surface area contributed by atoms with Gasteiger partial charge in [-0.2, -0.15) is 0 Å². The third-order valence-corrected chi connectivity index (χ3v) is 3.25. The molecule has 1 amide bonds. The lowest BCUT2D eigenvalue weighted by atomic mass is 10.1. The lowest BCUT2D eigenvalue weighted by molar-refractivity contribution is 0.213. The van der Waals surface area contributed by atoms with Crippen LogP contribution in [0.3, 0.4) is 0 Å². The first-order valence-corrected chi connectivity index (χ1v) is 7.03. The van der Waals surface area contributed by atoms with Crippen LogP contribution in [-0.4, -0.2) is 13.2 Å². The van der Waals surface area contributed by atoms with Gasteiger partial charge in [0.15, 0.2) is 11.5 Å². The van der Waals surface area contributed by atoms with Crippen LogP contribution < -0.4 is 14.8 Å². The van der Waals surface area contributed by atoms with E-state index in [0.29, 0.717) is 28.6 Å². The number of carbonyl (C=O) groups excluding carboxylic acids is 1. The fourth-order valence-electron chi connectivity index (χ4n) is 1.89. The van der Waals surface area contributed by atoms with Crippen molar-refractivity contribution in [3.05, 3.63) is 65.7 Å². The van der Waals surface area contributed by atoms with Crippen LogP contribution in [0, 0.1) is 0 Å². The first kappa shape index (κ1) is 15.9. The molecule has 0 saturated carbocycles. The summed E-state index contributed by atoms with van der Waals surface area (Å²) in [5.41, 5.74) is 1.50. The summed E-state index contributed by atoms with van der Waals surface area (Å²) in [6.07, 6.45) is 1.87. The summed E-state index contributed by atoms with van der Waals surface area (Å²) in [5.74, 6) is 0.813. The van der Waals surface area contributed by atoms with E-state index in [0.717, 1.165) is 5.56 Å². The van der Waals surface area contributed by atoms with Crippen molar-refractivity contribution in [2.75, 3.05) is 12.4 Å². The number of hydrogen-bond donors (Lipinski definition) is 1. The molecule has 0 radical (unpaired) electrons. The second kappa shape index (κ2) is 7.52. The van der Waals surface area contributed by atoms with Crippen molar-refractivity contribution in [1.29, 1.82) is 0 Å². The second-order valence-electron chi connectivity index (χ2n) is 4.47. The predicted octanol–water partition coefficient (Wildman–Crippen LogP) is 4.69.